The smallest absolute Gasteiger partial charge is 0.251 e. The normalized spacial score (nSPS) is 31.1. The molecule has 2 fully saturated rings. The zero-order valence-electron chi connectivity index (χ0n) is 11.4. The fraction of sp³-hybridized carbons (Fsp3) is 0.929. The molecule has 1 amide bonds. The second-order valence-corrected chi connectivity index (χ2v) is 5.65. The fourth-order valence-electron chi connectivity index (χ4n) is 2.99. The Morgan fingerprint density at radius 1 is 1.17 bits per heavy atom. The molecule has 2 rings (SSSR count). The first-order chi connectivity index (χ1) is 8.68. The van der Waals surface area contributed by atoms with Crippen LogP contribution < -0.4 is 5.73 Å². The van der Waals surface area contributed by atoms with Crippen LogP contribution in [0.1, 0.15) is 51.9 Å². The van der Waals surface area contributed by atoms with Crippen LogP contribution in [0.15, 0.2) is 0 Å². The van der Waals surface area contributed by atoms with Crippen LogP contribution >= 0.6 is 0 Å². The van der Waals surface area contributed by atoms with Crippen molar-refractivity contribution < 1.29 is 9.53 Å². The Bertz CT molecular complexity index is 275. The molecular weight excluding hydrogens is 228 g/mol. The van der Waals surface area contributed by atoms with Gasteiger partial charge < -0.3 is 15.4 Å². The predicted octanol–water partition coefficient (Wildman–Crippen LogP) is 1.67. The maximum atomic E-state index is 12.3. The molecule has 0 spiro atoms. The summed E-state index contributed by atoms with van der Waals surface area (Å²) in [6, 6.07) is 0.115. The third-order valence-corrected chi connectivity index (χ3v) is 4.15. The van der Waals surface area contributed by atoms with Gasteiger partial charge >= 0.3 is 0 Å². The third-order valence-electron chi connectivity index (χ3n) is 4.15. The van der Waals surface area contributed by atoms with Gasteiger partial charge in [0.25, 0.3) is 5.91 Å². The Kier molecular flexibility index (Phi) is 5.01. The van der Waals surface area contributed by atoms with Crippen LogP contribution in [0.4, 0.5) is 0 Å². The number of carbonyl (C=O) groups excluding carboxylic acids is 1. The van der Waals surface area contributed by atoms with Gasteiger partial charge in [0.15, 0.2) is 0 Å². The van der Waals surface area contributed by atoms with Crippen LogP contribution in [0.3, 0.4) is 0 Å². The van der Waals surface area contributed by atoms with Gasteiger partial charge in [-0.05, 0) is 39.0 Å². The van der Waals surface area contributed by atoms with Crippen LogP contribution in [-0.4, -0.2) is 42.1 Å². The molecule has 0 aromatic rings. The Morgan fingerprint density at radius 2 is 1.83 bits per heavy atom. The Labute approximate surface area is 110 Å². The maximum absolute atomic E-state index is 12.3. The number of nitrogens with zero attached hydrogens (tertiary/aromatic N) is 1. The molecule has 4 heteroatoms. The number of nitrogens with two attached hydrogens (primary N) is 1. The molecule has 0 aromatic carbocycles. The first-order valence-corrected chi connectivity index (χ1v) is 7.38. The number of rotatable bonds is 3. The van der Waals surface area contributed by atoms with E-state index >= 15 is 0 Å². The van der Waals surface area contributed by atoms with Crippen molar-refractivity contribution in [1.82, 2.24) is 4.90 Å². The molecule has 3 unspecified atom stereocenters. The van der Waals surface area contributed by atoms with Gasteiger partial charge in [-0.3, -0.25) is 4.79 Å². The second kappa shape index (κ2) is 6.53. The molecule has 4 nitrogen and oxygen atoms in total. The highest BCUT2D eigenvalue weighted by atomic mass is 16.5. The standard InChI is InChI=1S/C14H26N2O2/c1-11(18-13-8-6-7-12(13)15)14(17)16-9-4-2-3-5-10-16/h11-13H,2-10,15H2,1H3. The highest BCUT2D eigenvalue weighted by Gasteiger charge is 2.30. The first-order valence-electron chi connectivity index (χ1n) is 7.38. The van der Waals surface area contributed by atoms with Gasteiger partial charge in [0.05, 0.1) is 6.10 Å². The largest absolute Gasteiger partial charge is 0.364 e. The van der Waals surface area contributed by atoms with Crippen molar-refractivity contribution in [3.8, 4) is 0 Å². The van der Waals surface area contributed by atoms with Gasteiger partial charge in [-0.1, -0.05) is 12.8 Å². The molecule has 1 saturated carbocycles. The Hall–Kier alpha value is -0.610. The lowest BCUT2D eigenvalue weighted by Crippen LogP contribution is -2.43. The minimum Gasteiger partial charge on any atom is -0.364 e. The number of carbonyl (C=O) groups is 1. The van der Waals surface area contributed by atoms with Crippen LogP contribution in [-0.2, 0) is 9.53 Å². The lowest BCUT2D eigenvalue weighted by Gasteiger charge is -2.27. The van der Waals surface area contributed by atoms with E-state index in [9.17, 15) is 4.79 Å². The molecule has 1 heterocycles. The average molecular weight is 254 g/mol. The van der Waals surface area contributed by atoms with Crippen molar-refractivity contribution in [3.63, 3.8) is 0 Å². The number of hydrogen-bond donors (Lipinski definition) is 1. The van der Waals surface area contributed by atoms with E-state index in [4.69, 9.17) is 10.5 Å². The van der Waals surface area contributed by atoms with E-state index in [0.717, 1.165) is 45.2 Å². The van der Waals surface area contributed by atoms with E-state index in [-0.39, 0.29) is 24.2 Å². The minimum atomic E-state index is -0.336. The fourth-order valence-corrected chi connectivity index (χ4v) is 2.99. The molecule has 2 aliphatic rings. The summed E-state index contributed by atoms with van der Waals surface area (Å²) in [4.78, 5) is 14.3. The summed E-state index contributed by atoms with van der Waals surface area (Å²) in [6.07, 6.45) is 7.63. The second-order valence-electron chi connectivity index (χ2n) is 5.65. The summed E-state index contributed by atoms with van der Waals surface area (Å²) in [7, 11) is 0. The molecule has 1 aliphatic carbocycles. The maximum Gasteiger partial charge on any atom is 0.251 e. The van der Waals surface area contributed by atoms with Crippen molar-refractivity contribution in [3.05, 3.63) is 0 Å². The van der Waals surface area contributed by atoms with E-state index in [1.165, 1.54) is 12.8 Å². The Balaban J connectivity index is 1.83. The van der Waals surface area contributed by atoms with Gasteiger partial charge in [-0.25, -0.2) is 0 Å². The topological polar surface area (TPSA) is 55.6 Å². The summed E-state index contributed by atoms with van der Waals surface area (Å²) in [5, 5.41) is 0. The zero-order valence-corrected chi connectivity index (χ0v) is 11.4. The quantitative estimate of drug-likeness (QED) is 0.833. The third kappa shape index (κ3) is 3.45. The lowest BCUT2D eigenvalue weighted by molar-refractivity contribution is -0.146. The Morgan fingerprint density at radius 3 is 2.39 bits per heavy atom. The molecule has 0 radical (unpaired) electrons. The molecule has 1 saturated heterocycles. The summed E-state index contributed by atoms with van der Waals surface area (Å²) in [5.74, 6) is 0.149. The van der Waals surface area contributed by atoms with Gasteiger partial charge in [0, 0.05) is 19.1 Å². The number of likely N-dealkylation sites (tertiary alicyclic amines) is 1. The highest BCUT2D eigenvalue weighted by Crippen LogP contribution is 2.22. The molecule has 0 bridgehead atoms. The van der Waals surface area contributed by atoms with E-state index in [0.29, 0.717) is 0 Å². The van der Waals surface area contributed by atoms with E-state index in [1.807, 2.05) is 11.8 Å². The van der Waals surface area contributed by atoms with Crippen molar-refractivity contribution in [2.24, 2.45) is 5.73 Å². The molecular formula is C14H26N2O2. The van der Waals surface area contributed by atoms with Gasteiger partial charge in [0.2, 0.25) is 0 Å². The molecule has 1 aliphatic heterocycles. The van der Waals surface area contributed by atoms with Crippen LogP contribution in [0.25, 0.3) is 0 Å². The number of amides is 1. The molecule has 0 aromatic heterocycles. The summed E-state index contributed by atoms with van der Waals surface area (Å²) < 4.78 is 5.86. The molecule has 18 heavy (non-hydrogen) atoms. The zero-order chi connectivity index (χ0) is 13.0. The molecule has 104 valence electrons. The lowest BCUT2D eigenvalue weighted by atomic mass is 10.2. The average Bonchev–Trinajstić information content (AvgIpc) is 2.63. The van der Waals surface area contributed by atoms with Crippen LogP contribution in [0.5, 0.6) is 0 Å². The van der Waals surface area contributed by atoms with Gasteiger partial charge in [-0.2, -0.15) is 0 Å². The van der Waals surface area contributed by atoms with Crippen molar-refractivity contribution in [1.29, 1.82) is 0 Å². The number of ether oxygens (including phenoxy) is 1. The first kappa shape index (κ1) is 13.8. The van der Waals surface area contributed by atoms with Gasteiger partial charge in [-0.15, -0.1) is 0 Å². The summed E-state index contributed by atoms with van der Waals surface area (Å²) in [6.45, 7) is 3.66. The predicted molar refractivity (Wildman–Crippen MR) is 71.2 cm³/mol. The van der Waals surface area contributed by atoms with Crippen molar-refractivity contribution >= 4 is 5.91 Å². The monoisotopic (exact) mass is 254 g/mol. The number of hydrogen-bond acceptors (Lipinski definition) is 3. The minimum absolute atomic E-state index is 0.0796. The summed E-state index contributed by atoms with van der Waals surface area (Å²) in [5.41, 5.74) is 5.98. The summed E-state index contributed by atoms with van der Waals surface area (Å²) >= 11 is 0. The van der Waals surface area contributed by atoms with Crippen LogP contribution in [0, 0.1) is 0 Å². The molecule has 3 atom stereocenters. The van der Waals surface area contributed by atoms with Gasteiger partial charge in [0.1, 0.15) is 6.10 Å². The van der Waals surface area contributed by atoms with Crippen molar-refractivity contribution in [2.45, 2.75) is 70.1 Å². The molecule has 2 N–H and O–H groups in total. The van der Waals surface area contributed by atoms with E-state index in [2.05, 4.69) is 0 Å². The van der Waals surface area contributed by atoms with Crippen molar-refractivity contribution in [2.75, 3.05) is 13.1 Å². The SMILES string of the molecule is CC(OC1CCCC1N)C(=O)N1CCCCCC1. The van der Waals surface area contributed by atoms with E-state index in [1.54, 1.807) is 0 Å². The van der Waals surface area contributed by atoms with Crippen LogP contribution in [0.2, 0.25) is 0 Å². The van der Waals surface area contributed by atoms with E-state index < -0.39 is 0 Å². The highest BCUT2D eigenvalue weighted by molar-refractivity contribution is 5.80.